The number of nitrogens with zero attached hydrogens (tertiary/aromatic N) is 1. The molecule has 0 saturated heterocycles. The summed E-state index contributed by atoms with van der Waals surface area (Å²) in [7, 11) is 0. The number of benzene rings is 1. The molecule has 0 aliphatic carbocycles. The van der Waals surface area contributed by atoms with Gasteiger partial charge in [0.1, 0.15) is 5.60 Å². The van der Waals surface area contributed by atoms with E-state index in [0.29, 0.717) is 13.1 Å². The predicted molar refractivity (Wildman–Crippen MR) is 108 cm³/mol. The van der Waals surface area contributed by atoms with Crippen molar-refractivity contribution < 1.29 is 9.53 Å². The summed E-state index contributed by atoms with van der Waals surface area (Å²) < 4.78 is 6.62. The molecule has 1 N–H and O–H groups in total. The van der Waals surface area contributed by atoms with Gasteiger partial charge in [-0.1, -0.05) is 18.2 Å². The van der Waals surface area contributed by atoms with E-state index in [2.05, 4.69) is 32.7 Å². The lowest BCUT2D eigenvalue weighted by atomic mass is 10.1. The van der Waals surface area contributed by atoms with Crippen molar-refractivity contribution >= 4 is 39.0 Å². The van der Waals surface area contributed by atoms with Gasteiger partial charge in [0, 0.05) is 21.6 Å². The molecular formula is C19H25BrN2O2S. The second kappa shape index (κ2) is 8.72. The van der Waals surface area contributed by atoms with Crippen LogP contribution in [-0.4, -0.2) is 23.1 Å². The van der Waals surface area contributed by atoms with Crippen molar-refractivity contribution in [1.29, 1.82) is 0 Å². The van der Waals surface area contributed by atoms with Gasteiger partial charge in [-0.25, -0.2) is 4.79 Å². The standard InChI is InChI=1S/C19H25BrN2O2S/c1-5-22(18(23)24-19(2,3)4)13-14-8-6-7-9-16(14)21-12-17-15(20)10-11-25-17/h6-11,21H,5,12-13H2,1-4H3. The summed E-state index contributed by atoms with van der Waals surface area (Å²) in [5.41, 5.74) is 1.61. The van der Waals surface area contributed by atoms with Gasteiger partial charge in [0.05, 0.1) is 13.1 Å². The normalized spacial score (nSPS) is 11.2. The molecule has 1 aromatic heterocycles. The van der Waals surface area contributed by atoms with E-state index in [1.54, 1.807) is 16.2 Å². The van der Waals surface area contributed by atoms with Crippen molar-refractivity contribution in [3.8, 4) is 0 Å². The maximum atomic E-state index is 12.4. The van der Waals surface area contributed by atoms with Crippen LogP contribution in [-0.2, 0) is 17.8 Å². The minimum atomic E-state index is -0.492. The van der Waals surface area contributed by atoms with Crippen LogP contribution >= 0.6 is 27.3 Å². The fourth-order valence-electron chi connectivity index (χ4n) is 2.29. The van der Waals surface area contributed by atoms with Crippen molar-refractivity contribution in [2.24, 2.45) is 0 Å². The summed E-state index contributed by atoms with van der Waals surface area (Å²) in [5.74, 6) is 0. The molecule has 0 fully saturated rings. The van der Waals surface area contributed by atoms with Crippen LogP contribution in [0.25, 0.3) is 0 Å². The number of hydrogen-bond acceptors (Lipinski definition) is 4. The predicted octanol–water partition coefficient (Wildman–Crippen LogP) is 5.88. The molecule has 136 valence electrons. The molecule has 1 aromatic carbocycles. The van der Waals surface area contributed by atoms with Gasteiger partial charge in [-0.2, -0.15) is 0 Å². The molecule has 2 aromatic rings. The van der Waals surface area contributed by atoms with Gasteiger partial charge < -0.3 is 15.0 Å². The second-order valence-corrected chi connectivity index (χ2v) is 8.55. The fourth-order valence-corrected chi connectivity index (χ4v) is 3.73. The number of hydrogen-bond donors (Lipinski definition) is 1. The van der Waals surface area contributed by atoms with Crippen LogP contribution in [0.15, 0.2) is 40.2 Å². The number of ether oxygens (including phenoxy) is 1. The molecule has 0 saturated carbocycles. The Morgan fingerprint density at radius 2 is 2.00 bits per heavy atom. The molecule has 2 rings (SSSR count). The molecular weight excluding hydrogens is 400 g/mol. The van der Waals surface area contributed by atoms with Gasteiger partial charge in [0.2, 0.25) is 0 Å². The van der Waals surface area contributed by atoms with Crippen molar-refractivity contribution in [1.82, 2.24) is 4.90 Å². The highest BCUT2D eigenvalue weighted by atomic mass is 79.9. The molecule has 0 bridgehead atoms. The highest BCUT2D eigenvalue weighted by Gasteiger charge is 2.21. The van der Waals surface area contributed by atoms with Crippen LogP contribution in [0.1, 0.15) is 38.1 Å². The van der Waals surface area contributed by atoms with Gasteiger partial charge in [0.25, 0.3) is 0 Å². The number of rotatable bonds is 6. The molecule has 25 heavy (non-hydrogen) atoms. The summed E-state index contributed by atoms with van der Waals surface area (Å²) in [6.45, 7) is 9.46. The van der Waals surface area contributed by atoms with E-state index in [0.717, 1.165) is 22.3 Å². The number of anilines is 1. The minimum Gasteiger partial charge on any atom is -0.444 e. The first kappa shape index (κ1) is 19.8. The Kier molecular flexibility index (Phi) is 6.90. The molecule has 1 amide bonds. The zero-order valence-electron chi connectivity index (χ0n) is 15.1. The topological polar surface area (TPSA) is 41.6 Å². The SMILES string of the molecule is CCN(Cc1ccccc1NCc1sccc1Br)C(=O)OC(C)(C)C. The lowest BCUT2D eigenvalue weighted by molar-refractivity contribution is 0.0245. The first-order chi connectivity index (χ1) is 11.8. The average Bonchev–Trinajstić information content (AvgIpc) is 2.95. The van der Waals surface area contributed by atoms with Crippen LogP contribution in [0, 0.1) is 0 Å². The third kappa shape index (κ3) is 6.04. The van der Waals surface area contributed by atoms with Crippen molar-refractivity contribution in [2.45, 2.75) is 46.4 Å². The van der Waals surface area contributed by atoms with Crippen molar-refractivity contribution in [2.75, 3.05) is 11.9 Å². The average molecular weight is 425 g/mol. The smallest absolute Gasteiger partial charge is 0.410 e. The number of thiophene rings is 1. The van der Waals surface area contributed by atoms with E-state index < -0.39 is 5.60 Å². The van der Waals surface area contributed by atoms with Crippen LogP contribution in [0.2, 0.25) is 0 Å². The molecule has 0 spiro atoms. The highest BCUT2D eigenvalue weighted by Crippen LogP contribution is 2.25. The molecule has 1 heterocycles. The van der Waals surface area contributed by atoms with Gasteiger partial charge in [-0.3, -0.25) is 0 Å². The minimum absolute atomic E-state index is 0.286. The zero-order chi connectivity index (χ0) is 18.4. The Hall–Kier alpha value is -1.53. The van der Waals surface area contributed by atoms with E-state index in [1.165, 1.54) is 4.88 Å². The van der Waals surface area contributed by atoms with Gasteiger partial charge in [-0.15, -0.1) is 11.3 Å². The van der Waals surface area contributed by atoms with Crippen LogP contribution in [0.5, 0.6) is 0 Å². The number of para-hydroxylation sites is 1. The van der Waals surface area contributed by atoms with Crippen molar-refractivity contribution in [3.63, 3.8) is 0 Å². The Morgan fingerprint density at radius 1 is 1.28 bits per heavy atom. The van der Waals surface area contributed by atoms with E-state index in [-0.39, 0.29) is 6.09 Å². The number of amides is 1. The van der Waals surface area contributed by atoms with Crippen molar-refractivity contribution in [3.05, 3.63) is 50.6 Å². The molecule has 0 unspecified atom stereocenters. The summed E-state index contributed by atoms with van der Waals surface area (Å²) in [5, 5.41) is 5.54. The maximum Gasteiger partial charge on any atom is 0.410 e. The highest BCUT2D eigenvalue weighted by molar-refractivity contribution is 9.10. The second-order valence-electron chi connectivity index (χ2n) is 6.70. The Balaban J connectivity index is 2.08. The third-order valence-electron chi connectivity index (χ3n) is 3.54. The molecule has 0 radical (unpaired) electrons. The largest absolute Gasteiger partial charge is 0.444 e. The summed E-state index contributed by atoms with van der Waals surface area (Å²) in [4.78, 5) is 15.3. The van der Waals surface area contributed by atoms with E-state index in [1.807, 2.05) is 52.0 Å². The maximum absolute atomic E-state index is 12.4. The first-order valence-electron chi connectivity index (χ1n) is 8.31. The lowest BCUT2D eigenvalue weighted by Gasteiger charge is -2.27. The monoisotopic (exact) mass is 424 g/mol. The Morgan fingerprint density at radius 3 is 2.60 bits per heavy atom. The van der Waals surface area contributed by atoms with Crippen LogP contribution in [0.3, 0.4) is 0 Å². The summed E-state index contributed by atoms with van der Waals surface area (Å²) in [6, 6.07) is 10.1. The van der Waals surface area contributed by atoms with Gasteiger partial charge in [0.15, 0.2) is 0 Å². The van der Waals surface area contributed by atoms with Crippen LogP contribution in [0.4, 0.5) is 10.5 Å². The lowest BCUT2D eigenvalue weighted by Crippen LogP contribution is -2.36. The Bertz CT molecular complexity index is 709. The zero-order valence-corrected chi connectivity index (χ0v) is 17.5. The van der Waals surface area contributed by atoms with Crippen LogP contribution < -0.4 is 5.32 Å². The number of carbonyl (C=O) groups excluding carboxylic acids is 1. The van der Waals surface area contributed by atoms with E-state index >= 15 is 0 Å². The summed E-state index contributed by atoms with van der Waals surface area (Å²) >= 11 is 5.27. The first-order valence-corrected chi connectivity index (χ1v) is 9.99. The third-order valence-corrected chi connectivity index (χ3v) is 5.47. The van der Waals surface area contributed by atoms with Gasteiger partial charge in [-0.05, 0) is 66.7 Å². The fraction of sp³-hybridized carbons (Fsp3) is 0.421. The number of halogens is 1. The number of carbonyl (C=O) groups is 1. The van der Waals surface area contributed by atoms with E-state index in [9.17, 15) is 4.79 Å². The number of nitrogens with one attached hydrogen (secondary N) is 1. The quantitative estimate of drug-likeness (QED) is 0.629. The molecule has 4 nitrogen and oxygen atoms in total. The summed E-state index contributed by atoms with van der Waals surface area (Å²) in [6.07, 6.45) is -0.286. The van der Waals surface area contributed by atoms with Gasteiger partial charge >= 0.3 is 6.09 Å². The molecule has 0 aliphatic rings. The Labute approximate surface area is 162 Å². The molecule has 0 aliphatic heterocycles. The van der Waals surface area contributed by atoms with E-state index in [4.69, 9.17) is 4.74 Å². The molecule has 6 heteroatoms. The molecule has 0 atom stereocenters.